The lowest BCUT2D eigenvalue weighted by atomic mass is 10.1. The van der Waals surface area contributed by atoms with E-state index in [4.69, 9.17) is 5.11 Å². The molecule has 0 saturated carbocycles. The maximum atomic E-state index is 12.6. The van der Waals surface area contributed by atoms with Crippen molar-refractivity contribution in [3.63, 3.8) is 0 Å². The topological polar surface area (TPSA) is 91.3 Å². The number of aromatic nitrogens is 1. The van der Waals surface area contributed by atoms with Crippen LogP contribution in [-0.2, 0) is 11.0 Å². The fourth-order valence-electron chi connectivity index (χ4n) is 2.68. The normalized spacial score (nSPS) is 11.2. The number of rotatable bonds is 13. The lowest BCUT2D eigenvalue weighted by molar-refractivity contribution is -0.141. The molecule has 0 saturated heterocycles. The number of carbonyl (C=O) groups is 2. The first-order valence-corrected chi connectivity index (χ1v) is 9.59. The van der Waals surface area contributed by atoms with Gasteiger partial charge in [0.25, 0.3) is 0 Å². The molecule has 0 aliphatic carbocycles. The summed E-state index contributed by atoms with van der Waals surface area (Å²) >= 11 is 0. The fraction of sp³-hybridized carbons (Fsp3) is 0.632. The molecule has 1 heterocycles. The van der Waals surface area contributed by atoms with Crippen LogP contribution in [0, 0.1) is 0 Å². The van der Waals surface area contributed by atoms with Crippen molar-refractivity contribution < 1.29 is 27.9 Å². The van der Waals surface area contributed by atoms with E-state index in [-0.39, 0.29) is 12.1 Å². The molecule has 1 aromatic rings. The van der Waals surface area contributed by atoms with Gasteiger partial charge in [-0.15, -0.1) is 0 Å². The van der Waals surface area contributed by atoms with E-state index >= 15 is 0 Å². The Morgan fingerprint density at radius 2 is 1.54 bits per heavy atom. The van der Waals surface area contributed by atoms with Crippen LogP contribution in [0.1, 0.15) is 69.9 Å². The Labute approximate surface area is 162 Å². The summed E-state index contributed by atoms with van der Waals surface area (Å²) in [6, 6.07) is 1.55. The third-order valence-corrected chi connectivity index (χ3v) is 4.16. The van der Waals surface area contributed by atoms with Crippen LogP contribution in [0.5, 0.6) is 0 Å². The predicted molar refractivity (Wildman–Crippen MR) is 100 cm³/mol. The average Bonchev–Trinajstić information content (AvgIpc) is 2.62. The lowest BCUT2D eigenvalue weighted by Crippen LogP contribution is -2.29. The molecular weight excluding hydrogens is 375 g/mol. The van der Waals surface area contributed by atoms with Gasteiger partial charge in [0.2, 0.25) is 0 Å². The molecular formula is C19H28F3N3O3. The molecule has 0 bridgehead atoms. The average molecular weight is 403 g/mol. The third kappa shape index (κ3) is 11.4. The summed E-state index contributed by atoms with van der Waals surface area (Å²) < 4.78 is 37.7. The molecule has 9 heteroatoms. The Kier molecular flexibility index (Phi) is 11.0. The number of anilines is 1. The van der Waals surface area contributed by atoms with E-state index < -0.39 is 23.9 Å². The van der Waals surface area contributed by atoms with Gasteiger partial charge >= 0.3 is 18.2 Å². The number of carboxylic acids is 1. The van der Waals surface area contributed by atoms with Gasteiger partial charge in [-0.25, -0.2) is 4.79 Å². The van der Waals surface area contributed by atoms with Gasteiger partial charge in [-0.05, 0) is 25.0 Å². The van der Waals surface area contributed by atoms with Gasteiger partial charge in [0.1, 0.15) is 5.69 Å². The summed E-state index contributed by atoms with van der Waals surface area (Å²) in [6.45, 7) is 0.457. The van der Waals surface area contributed by atoms with E-state index in [0.29, 0.717) is 6.54 Å². The maximum absolute atomic E-state index is 12.6. The summed E-state index contributed by atoms with van der Waals surface area (Å²) in [7, 11) is 0. The Bertz CT molecular complexity index is 610. The second-order valence-corrected chi connectivity index (χ2v) is 6.63. The third-order valence-electron chi connectivity index (χ3n) is 4.16. The van der Waals surface area contributed by atoms with E-state index in [0.717, 1.165) is 70.1 Å². The number of unbranched alkanes of at least 4 members (excludes halogenated alkanes) is 8. The summed E-state index contributed by atoms with van der Waals surface area (Å²) in [4.78, 5) is 25.3. The zero-order chi connectivity index (χ0) is 20.8. The number of pyridine rings is 1. The fourth-order valence-corrected chi connectivity index (χ4v) is 2.68. The minimum atomic E-state index is -4.55. The molecule has 0 radical (unpaired) electrons. The van der Waals surface area contributed by atoms with Gasteiger partial charge in [0.05, 0.1) is 0 Å². The van der Waals surface area contributed by atoms with E-state index in [2.05, 4.69) is 15.6 Å². The van der Waals surface area contributed by atoms with Crippen LogP contribution < -0.4 is 10.6 Å². The van der Waals surface area contributed by atoms with Gasteiger partial charge in [-0.1, -0.05) is 44.9 Å². The number of urea groups is 1. The number of nitrogens with one attached hydrogen (secondary N) is 2. The van der Waals surface area contributed by atoms with Crippen molar-refractivity contribution in [2.24, 2.45) is 0 Å². The number of aliphatic carboxylic acids is 1. The summed E-state index contributed by atoms with van der Waals surface area (Å²) in [5, 5.41) is 13.5. The molecule has 1 aromatic heterocycles. The number of hydrogen-bond donors (Lipinski definition) is 3. The molecule has 0 aliphatic heterocycles. The van der Waals surface area contributed by atoms with Crippen LogP contribution >= 0.6 is 0 Å². The first kappa shape index (κ1) is 23.7. The highest BCUT2D eigenvalue weighted by molar-refractivity contribution is 5.89. The van der Waals surface area contributed by atoms with Gasteiger partial charge < -0.3 is 15.7 Å². The van der Waals surface area contributed by atoms with Gasteiger partial charge in [0.15, 0.2) is 0 Å². The summed E-state index contributed by atoms with van der Waals surface area (Å²) in [6.07, 6.45) is 5.58. The molecule has 28 heavy (non-hydrogen) atoms. The van der Waals surface area contributed by atoms with Crippen molar-refractivity contribution >= 4 is 17.7 Å². The molecule has 3 N–H and O–H groups in total. The first-order chi connectivity index (χ1) is 13.3. The minimum absolute atomic E-state index is 0.0446. The van der Waals surface area contributed by atoms with Gasteiger partial charge in [-0.3, -0.25) is 9.78 Å². The Morgan fingerprint density at radius 1 is 0.964 bits per heavy atom. The molecule has 6 nitrogen and oxygen atoms in total. The highest BCUT2D eigenvalue weighted by Crippen LogP contribution is 2.28. The summed E-state index contributed by atoms with van der Waals surface area (Å²) in [5.41, 5.74) is -1.00. The molecule has 0 aliphatic rings. The van der Waals surface area contributed by atoms with E-state index in [1.165, 1.54) is 6.07 Å². The van der Waals surface area contributed by atoms with E-state index in [9.17, 15) is 22.8 Å². The number of carboxylic acid groups (broad SMARTS) is 1. The van der Waals surface area contributed by atoms with Crippen molar-refractivity contribution in [2.45, 2.75) is 70.4 Å². The number of halogens is 3. The zero-order valence-corrected chi connectivity index (χ0v) is 15.9. The highest BCUT2D eigenvalue weighted by atomic mass is 19.4. The second-order valence-electron chi connectivity index (χ2n) is 6.63. The number of carbonyl (C=O) groups excluding carboxylic acids is 1. The molecule has 1 rings (SSSR count). The molecule has 0 spiro atoms. The van der Waals surface area contributed by atoms with Crippen molar-refractivity contribution in [3.8, 4) is 0 Å². The lowest BCUT2D eigenvalue weighted by Gasteiger charge is -2.10. The largest absolute Gasteiger partial charge is 0.481 e. The smallest absolute Gasteiger partial charge is 0.433 e. The molecule has 158 valence electrons. The molecule has 0 atom stereocenters. The molecule has 0 unspecified atom stereocenters. The van der Waals surface area contributed by atoms with Crippen LogP contribution in [0.3, 0.4) is 0 Å². The number of alkyl halides is 3. The maximum Gasteiger partial charge on any atom is 0.433 e. The van der Waals surface area contributed by atoms with Crippen molar-refractivity contribution in [3.05, 3.63) is 24.0 Å². The van der Waals surface area contributed by atoms with Gasteiger partial charge in [0, 0.05) is 24.8 Å². The molecule has 2 amide bonds. The Hall–Kier alpha value is -2.32. The van der Waals surface area contributed by atoms with Crippen molar-refractivity contribution in [2.75, 3.05) is 11.9 Å². The number of amides is 2. The highest BCUT2D eigenvalue weighted by Gasteiger charge is 2.32. The Balaban J connectivity index is 2.02. The van der Waals surface area contributed by atoms with Crippen LogP contribution in [0.15, 0.2) is 18.3 Å². The van der Waals surface area contributed by atoms with Crippen LogP contribution in [0.25, 0.3) is 0 Å². The molecule has 0 aromatic carbocycles. The van der Waals surface area contributed by atoms with E-state index in [1.807, 2.05) is 0 Å². The monoisotopic (exact) mass is 403 g/mol. The zero-order valence-electron chi connectivity index (χ0n) is 15.9. The van der Waals surface area contributed by atoms with Crippen molar-refractivity contribution in [1.82, 2.24) is 10.3 Å². The predicted octanol–water partition coefficient (Wildman–Crippen LogP) is 5.21. The van der Waals surface area contributed by atoms with Crippen molar-refractivity contribution in [1.29, 1.82) is 0 Å². The first-order valence-electron chi connectivity index (χ1n) is 9.59. The van der Waals surface area contributed by atoms with Gasteiger partial charge in [-0.2, -0.15) is 13.2 Å². The van der Waals surface area contributed by atoms with Crippen LogP contribution in [-0.4, -0.2) is 28.6 Å². The van der Waals surface area contributed by atoms with E-state index in [1.54, 1.807) is 0 Å². The molecule has 0 fully saturated rings. The number of hydrogen-bond acceptors (Lipinski definition) is 3. The van der Waals surface area contributed by atoms with Crippen LogP contribution in [0.2, 0.25) is 0 Å². The SMILES string of the molecule is O=C(O)CCCCCCCCCCCNC(=O)Nc1ccnc(C(F)(F)F)c1. The second kappa shape index (κ2) is 13.0. The Morgan fingerprint density at radius 3 is 2.11 bits per heavy atom. The quantitative estimate of drug-likeness (QED) is 0.394. The van der Waals surface area contributed by atoms with Crippen LogP contribution in [0.4, 0.5) is 23.7 Å². The standard InChI is InChI=1S/C19H28F3N3O3/c20-19(21,22)16-14-15(11-13-23-16)25-18(28)24-12-9-7-5-3-1-2-4-6-8-10-17(26)27/h11,13-14H,1-10,12H2,(H,26,27)(H2,23,24,25,28). The number of nitrogens with zero attached hydrogens (tertiary/aromatic N) is 1. The summed E-state index contributed by atoms with van der Waals surface area (Å²) in [5.74, 6) is -0.742. The minimum Gasteiger partial charge on any atom is -0.481 e.